The van der Waals surface area contributed by atoms with Crippen LogP contribution in [0.3, 0.4) is 0 Å². The smallest absolute Gasteiger partial charge is 0.0488 e. The summed E-state index contributed by atoms with van der Waals surface area (Å²) < 4.78 is 5.21. The third-order valence-electron chi connectivity index (χ3n) is 3.10. The lowest BCUT2D eigenvalue weighted by Crippen LogP contribution is -2.33. The van der Waals surface area contributed by atoms with Crippen molar-refractivity contribution in [2.45, 2.75) is 59.4 Å². The van der Waals surface area contributed by atoms with E-state index in [4.69, 9.17) is 4.74 Å². The summed E-state index contributed by atoms with van der Waals surface area (Å²) in [5, 5.41) is 3.61. The molecule has 0 aromatic rings. The zero-order valence-corrected chi connectivity index (χ0v) is 11.9. The Hall–Kier alpha value is -0.0800. The van der Waals surface area contributed by atoms with Crippen molar-refractivity contribution in [2.24, 2.45) is 11.8 Å². The van der Waals surface area contributed by atoms with Crippen LogP contribution >= 0.6 is 0 Å². The fourth-order valence-corrected chi connectivity index (χ4v) is 2.49. The molecule has 2 nitrogen and oxygen atoms in total. The molecule has 0 aliphatic rings. The number of hydrogen-bond donors (Lipinski definition) is 1. The minimum Gasteiger partial charge on any atom is -0.384 e. The summed E-state index contributed by atoms with van der Waals surface area (Å²) in [5.41, 5.74) is 0. The van der Waals surface area contributed by atoms with Gasteiger partial charge in [-0.25, -0.2) is 0 Å². The van der Waals surface area contributed by atoms with Crippen molar-refractivity contribution < 1.29 is 4.74 Å². The van der Waals surface area contributed by atoms with Crippen LogP contribution in [-0.2, 0) is 4.74 Å². The molecular formula is C14H31NO. The Labute approximate surface area is 102 Å². The van der Waals surface area contributed by atoms with E-state index in [0.29, 0.717) is 12.0 Å². The lowest BCUT2D eigenvalue weighted by molar-refractivity contribution is 0.146. The van der Waals surface area contributed by atoms with Crippen LogP contribution in [-0.4, -0.2) is 26.3 Å². The van der Waals surface area contributed by atoms with E-state index in [1.807, 2.05) is 0 Å². The average molecular weight is 229 g/mol. The van der Waals surface area contributed by atoms with E-state index in [1.54, 1.807) is 7.11 Å². The monoisotopic (exact) mass is 229 g/mol. The van der Waals surface area contributed by atoms with Crippen LogP contribution in [0.5, 0.6) is 0 Å². The highest BCUT2D eigenvalue weighted by atomic mass is 16.5. The highest BCUT2D eigenvalue weighted by Crippen LogP contribution is 2.17. The number of nitrogens with one attached hydrogen (secondary N) is 1. The van der Waals surface area contributed by atoms with Crippen LogP contribution in [0.2, 0.25) is 0 Å². The van der Waals surface area contributed by atoms with Gasteiger partial charge in [0.2, 0.25) is 0 Å². The maximum absolute atomic E-state index is 5.21. The van der Waals surface area contributed by atoms with Gasteiger partial charge in [-0.2, -0.15) is 0 Å². The lowest BCUT2D eigenvalue weighted by Gasteiger charge is -2.24. The maximum atomic E-state index is 5.21. The van der Waals surface area contributed by atoms with Crippen LogP contribution in [0.15, 0.2) is 0 Å². The van der Waals surface area contributed by atoms with E-state index in [9.17, 15) is 0 Å². The van der Waals surface area contributed by atoms with Crippen molar-refractivity contribution in [2.75, 3.05) is 20.3 Å². The SMILES string of the molecule is CCCC(C)CC(CC(C)COC)NCC. The van der Waals surface area contributed by atoms with Gasteiger partial charge in [-0.1, -0.05) is 40.5 Å². The first-order chi connectivity index (χ1) is 7.63. The molecule has 16 heavy (non-hydrogen) atoms. The maximum Gasteiger partial charge on any atom is 0.0488 e. The number of methoxy groups -OCH3 is 1. The number of hydrogen-bond acceptors (Lipinski definition) is 2. The van der Waals surface area contributed by atoms with Gasteiger partial charge in [0.25, 0.3) is 0 Å². The first-order valence-electron chi connectivity index (χ1n) is 6.86. The second-order valence-electron chi connectivity index (χ2n) is 5.18. The quantitative estimate of drug-likeness (QED) is 0.619. The largest absolute Gasteiger partial charge is 0.384 e. The molecule has 0 aliphatic carbocycles. The van der Waals surface area contributed by atoms with Gasteiger partial charge in [0.05, 0.1) is 0 Å². The molecule has 0 bridgehead atoms. The fraction of sp³-hybridized carbons (Fsp3) is 1.00. The zero-order chi connectivity index (χ0) is 12.4. The van der Waals surface area contributed by atoms with Crippen molar-refractivity contribution in [1.82, 2.24) is 5.32 Å². The molecule has 0 saturated heterocycles. The highest BCUT2D eigenvalue weighted by Gasteiger charge is 2.15. The van der Waals surface area contributed by atoms with Gasteiger partial charge in [0, 0.05) is 19.8 Å². The van der Waals surface area contributed by atoms with Gasteiger partial charge < -0.3 is 10.1 Å². The Balaban J connectivity index is 3.94. The topological polar surface area (TPSA) is 21.3 Å². The van der Waals surface area contributed by atoms with Gasteiger partial charge >= 0.3 is 0 Å². The van der Waals surface area contributed by atoms with Crippen LogP contribution in [0.25, 0.3) is 0 Å². The first kappa shape index (κ1) is 15.9. The van der Waals surface area contributed by atoms with Gasteiger partial charge in [0.15, 0.2) is 0 Å². The van der Waals surface area contributed by atoms with Gasteiger partial charge in [-0.15, -0.1) is 0 Å². The summed E-state index contributed by atoms with van der Waals surface area (Å²) in [5.74, 6) is 1.49. The predicted molar refractivity (Wildman–Crippen MR) is 71.8 cm³/mol. The summed E-state index contributed by atoms with van der Waals surface area (Å²) >= 11 is 0. The minimum atomic E-state index is 0.655. The van der Waals surface area contributed by atoms with Crippen molar-refractivity contribution >= 4 is 0 Å². The van der Waals surface area contributed by atoms with Crippen molar-refractivity contribution in [1.29, 1.82) is 0 Å². The van der Waals surface area contributed by atoms with E-state index in [1.165, 1.54) is 25.7 Å². The molecule has 1 N–H and O–H groups in total. The fourth-order valence-electron chi connectivity index (χ4n) is 2.49. The number of ether oxygens (including phenoxy) is 1. The standard InChI is InChI=1S/C14H31NO/c1-6-8-12(3)9-14(15-7-2)10-13(4)11-16-5/h12-15H,6-11H2,1-5H3. The van der Waals surface area contributed by atoms with Gasteiger partial charge in [-0.3, -0.25) is 0 Å². The molecule has 0 fully saturated rings. The van der Waals surface area contributed by atoms with E-state index in [2.05, 4.69) is 33.0 Å². The molecule has 0 aliphatic heterocycles. The van der Waals surface area contributed by atoms with Gasteiger partial charge in [-0.05, 0) is 31.2 Å². The second kappa shape index (κ2) is 10.1. The summed E-state index contributed by atoms with van der Waals surface area (Å²) in [6, 6.07) is 0.664. The normalized spacial score (nSPS) is 17.1. The van der Waals surface area contributed by atoms with E-state index in [-0.39, 0.29) is 0 Å². The van der Waals surface area contributed by atoms with Crippen molar-refractivity contribution in [3.63, 3.8) is 0 Å². The highest BCUT2D eigenvalue weighted by molar-refractivity contribution is 4.72. The molecule has 0 spiro atoms. The average Bonchev–Trinajstić information content (AvgIpc) is 2.18. The summed E-state index contributed by atoms with van der Waals surface area (Å²) in [4.78, 5) is 0. The molecule has 3 atom stereocenters. The van der Waals surface area contributed by atoms with Crippen molar-refractivity contribution in [3.8, 4) is 0 Å². The molecule has 0 radical (unpaired) electrons. The molecule has 0 heterocycles. The van der Waals surface area contributed by atoms with Crippen LogP contribution in [0, 0.1) is 11.8 Å². The molecule has 3 unspecified atom stereocenters. The summed E-state index contributed by atoms with van der Waals surface area (Å²) in [6.45, 7) is 11.1. The third kappa shape index (κ3) is 8.12. The first-order valence-corrected chi connectivity index (χ1v) is 6.86. The third-order valence-corrected chi connectivity index (χ3v) is 3.10. The Morgan fingerprint density at radius 1 is 1.06 bits per heavy atom. The molecule has 0 rings (SSSR count). The summed E-state index contributed by atoms with van der Waals surface area (Å²) in [6.07, 6.45) is 5.18. The van der Waals surface area contributed by atoms with Crippen LogP contribution < -0.4 is 5.32 Å². The van der Waals surface area contributed by atoms with Crippen LogP contribution in [0.1, 0.15) is 53.4 Å². The molecule has 0 aromatic heterocycles. The van der Waals surface area contributed by atoms with E-state index >= 15 is 0 Å². The minimum absolute atomic E-state index is 0.655. The molecular weight excluding hydrogens is 198 g/mol. The predicted octanol–water partition coefficient (Wildman–Crippen LogP) is 3.46. The van der Waals surface area contributed by atoms with Gasteiger partial charge in [0.1, 0.15) is 0 Å². The second-order valence-corrected chi connectivity index (χ2v) is 5.18. The number of rotatable bonds is 10. The Bertz CT molecular complexity index is 136. The van der Waals surface area contributed by atoms with E-state index < -0.39 is 0 Å². The lowest BCUT2D eigenvalue weighted by atomic mass is 9.92. The summed E-state index contributed by atoms with van der Waals surface area (Å²) in [7, 11) is 1.79. The molecule has 0 saturated carbocycles. The zero-order valence-electron chi connectivity index (χ0n) is 11.9. The van der Waals surface area contributed by atoms with Crippen LogP contribution in [0.4, 0.5) is 0 Å². The Morgan fingerprint density at radius 3 is 2.19 bits per heavy atom. The molecule has 0 aromatic carbocycles. The molecule has 0 amide bonds. The Kier molecular flexibility index (Phi) is 10.0. The van der Waals surface area contributed by atoms with E-state index in [0.717, 1.165) is 19.1 Å². The molecule has 98 valence electrons. The molecule has 2 heteroatoms. The Morgan fingerprint density at radius 2 is 1.69 bits per heavy atom. The van der Waals surface area contributed by atoms with Crippen molar-refractivity contribution in [3.05, 3.63) is 0 Å².